The van der Waals surface area contributed by atoms with Crippen molar-refractivity contribution in [3.8, 4) is 0 Å². The van der Waals surface area contributed by atoms with Crippen molar-refractivity contribution in [2.75, 3.05) is 18.8 Å². The van der Waals surface area contributed by atoms with Crippen LogP contribution >= 0.6 is 23.4 Å². The van der Waals surface area contributed by atoms with Gasteiger partial charge in [0.2, 0.25) is 10.0 Å². The molecular formula is C21H22ClKN2O4S2. The van der Waals surface area contributed by atoms with E-state index < -0.39 is 16.0 Å². The Morgan fingerprint density at radius 2 is 1.77 bits per heavy atom. The van der Waals surface area contributed by atoms with Gasteiger partial charge in [-0.2, -0.15) is 4.31 Å². The number of carbonyl (C=O) groups is 1. The number of fused-ring (bicyclic) bond motifs is 2. The van der Waals surface area contributed by atoms with Crippen molar-refractivity contribution in [2.24, 2.45) is 0 Å². The molecule has 0 atom stereocenters. The number of aromatic nitrogens is 1. The largest absolute Gasteiger partial charge is 1.00 e. The van der Waals surface area contributed by atoms with E-state index in [-0.39, 0.29) is 67.1 Å². The number of benzene rings is 2. The average Bonchev–Trinajstić information content (AvgIpc) is 2.65. The maximum atomic E-state index is 13.1. The van der Waals surface area contributed by atoms with Crippen molar-refractivity contribution in [2.45, 2.75) is 37.5 Å². The standard InChI is InChI=1S/C21H23ClN2O4S2.K/c1-5-24(6-2)30(27,28)18-9-14-17(10-16(18)22)23-20-13(4)7-12(3)8-15(20)21(14)29-11-19(25)26;/h7-10H,5-6,11H2,1-4H3,(H,25,26);/q;+1/p-1. The van der Waals surface area contributed by atoms with Crippen LogP contribution < -0.4 is 56.5 Å². The van der Waals surface area contributed by atoms with Crippen LogP contribution in [0.3, 0.4) is 0 Å². The molecule has 0 aliphatic heterocycles. The monoisotopic (exact) mass is 504 g/mol. The number of thioether (sulfide) groups is 1. The minimum Gasteiger partial charge on any atom is -0.549 e. The van der Waals surface area contributed by atoms with E-state index in [0.29, 0.717) is 28.9 Å². The Kier molecular flexibility index (Phi) is 9.41. The molecule has 0 unspecified atom stereocenters. The van der Waals surface area contributed by atoms with Gasteiger partial charge in [-0.05, 0) is 37.6 Å². The summed E-state index contributed by atoms with van der Waals surface area (Å²) in [7, 11) is -3.81. The van der Waals surface area contributed by atoms with Gasteiger partial charge in [-0.15, -0.1) is 11.8 Å². The summed E-state index contributed by atoms with van der Waals surface area (Å²) in [5.41, 5.74) is 3.18. The van der Waals surface area contributed by atoms with Gasteiger partial charge in [0.15, 0.2) is 0 Å². The van der Waals surface area contributed by atoms with Crippen molar-refractivity contribution in [1.29, 1.82) is 0 Å². The predicted molar refractivity (Wildman–Crippen MR) is 120 cm³/mol. The summed E-state index contributed by atoms with van der Waals surface area (Å²) in [6.45, 7) is 8.03. The van der Waals surface area contributed by atoms with Crippen LogP contribution in [0.15, 0.2) is 34.1 Å². The van der Waals surface area contributed by atoms with Crippen LogP contribution in [0.4, 0.5) is 0 Å². The molecule has 2 aromatic carbocycles. The van der Waals surface area contributed by atoms with Crippen LogP contribution in [0.5, 0.6) is 0 Å². The van der Waals surface area contributed by atoms with Gasteiger partial charge in [-0.25, -0.2) is 13.4 Å². The van der Waals surface area contributed by atoms with E-state index in [0.717, 1.165) is 33.8 Å². The number of carboxylic acids is 1. The first-order chi connectivity index (χ1) is 14.1. The topological polar surface area (TPSA) is 90.4 Å². The summed E-state index contributed by atoms with van der Waals surface area (Å²) in [6.07, 6.45) is 0. The molecule has 0 spiro atoms. The minimum absolute atomic E-state index is 0. The van der Waals surface area contributed by atoms with Crippen LogP contribution in [0, 0.1) is 13.8 Å². The zero-order chi connectivity index (χ0) is 22.2. The molecule has 1 aromatic heterocycles. The third kappa shape index (κ3) is 5.47. The van der Waals surface area contributed by atoms with Gasteiger partial charge in [0.05, 0.1) is 22.0 Å². The molecule has 31 heavy (non-hydrogen) atoms. The molecule has 0 aliphatic carbocycles. The van der Waals surface area contributed by atoms with Crippen molar-refractivity contribution in [1.82, 2.24) is 9.29 Å². The van der Waals surface area contributed by atoms with Gasteiger partial charge < -0.3 is 9.90 Å². The maximum Gasteiger partial charge on any atom is 1.00 e. The number of nitrogens with zero attached hydrogens (tertiary/aromatic N) is 2. The second-order valence-corrected chi connectivity index (χ2v) is 10.3. The third-order valence-corrected chi connectivity index (χ3v) is 8.50. The Hall–Kier alpha value is -0.234. The van der Waals surface area contributed by atoms with Gasteiger partial charge in [0.1, 0.15) is 4.90 Å². The van der Waals surface area contributed by atoms with E-state index >= 15 is 0 Å². The normalized spacial score (nSPS) is 11.8. The fraction of sp³-hybridized carbons (Fsp3) is 0.333. The van der Waals surface area contributed by atoms with Crippen molar-refractivity contribution < 1.29 is 69.7 Å². The first-order valence-corrected chi connectivity index (χ1v) is 12.3. The van der Waals surface area contributed by atoms with Crippen LogP contribution in [-0.4, -0.2) is 42.5 Å². The van der Waals surface area contributed by atoms with Crippen LogP contribution in [-0.2, 0) is 14.8 Å². The van der Waals surface area contributed by atoms with Crippen LogP contribution in [0.1, 0.15) is 25.0 Å². The molecule has 160 valence electrons. The molecule has 0 N–H and O–H groups in total. The fourth-order valence-electron chi connectivity index (χ4n) is 3.55. The molecule has 0 aliphatic rings. The van der Waals surface area contributed by atoms with E-state index in [1.165, 1.54) is 16.4 Å². The summed E-state index contributed by atoms with van der Waals surface area (Å²) < 4.78 is 27.6. The van der Waals surface area contributed by atoms with Crippen molar-refractivity contribution in [3.63, 3.8) is 0 Å². The number of aliphatic carboxylic acids is 1. The van der Waals surface area contributed by atoms with Crippen LogP contribution in [0.2, 0.25) is 5.02 Å². The number of carbonyl (C=O) groups excluding carboxylic acids is 1. The Balaban J connectivity index is 0.00000341. The molecule has 0 saturated heterocycles. The SMILES string of the molecule is CCN(CC)S(=O)(=O)c1cc2c(SCC(=O)[O-])c3cc(C)cc(C)c3nc2cc1Cl.[K+]. The number of hydrogen-bond acceptors (Lipinski definition) is 6. The molecule has 0 fully saturated rings. The first kappa shape index (κ1) is 27.0. The maximum absolute atomic E-state index is 13.1. The van der Waals surface area contributed by atoms with Gasteiger partial charge >= 0.3 is 51.4 Å². The molecule has 0 amide bonds. The number of sulfonamides is 1. The molecule has 3 aromatic rings. The number of rotatable bonds is 7. The summed E-state index contributed by atoms with van der Waals surface area (Å²) in [5.74, 6) is -1.46. The number of carboxylic acid groups (broad SMARTS) is 1. The van der Waals surface area contributed by atoms with E-state index in [1.807, 2.05) is 26.0 Å². The predicted octanol–water partition coefficient (Wildman–Crippen LogP) is 0.535. The fourth-order valence-corrected chi connectivity index (χ4v) is 6.42. The van der Waals surface area contributed by atoms with E-state index in [9.17, 15) is 18.3 Å². The second-order valence-electron chi connectivity index (χ2n) is 6.97. The summed E-state index contributed by atoms with van der Waals surface area (Å²) in [6, 6.07) is 6.97. The molecule has 3 rings (SSSR count). The van der Waals surface area contributed by atoms with E-state index in [1.54, 1.807) is 13.8 Å². The molecular weight excluding hydrogens is 483 g/mol. The van der Waals surface area contributed by atoms with Gasteiger partial charge in [0, 0.05) is 34.5 Å². The Labute approximate surface area is 234 Å². The summed E-state index contributed by atoms with van der Waals surface area (Å²) >= 11 is 7.48. The Morgan fingerprint density at radius 1 is 1.13 bits per heavy atom. The Morgan fingerprint density at radius 3 is 2.35 bits per heavy atom. The number of aryl methyl sites for hydroxylation is 2. The molecule has 6 nitrogen and oxygen atoms in total. The molecule has 1 heterocycles. The third-order valence-electron chi connectivity index (χ3n) is 4.87. The molecule has 0 bridgehead atoms. The van der Waals surface area contributed by atoms with E-state index in [2.05, 4.69) is 0 Å². The minimum atomic E-state index is -3.81. The second kappa shape index (κ2) is 10.8. The summed E-state index contributed by atoms with van der Waals surface area (Å²) in [4.78, 5) is 16.5. The van der Waals surface area contributed by atoms with Crippen molar-refractivity contribution in [3.05, 3.63) is 40.4 Å². The zero-order valence-corrected chi connectivity index (χ0v) is 23.7. The summed E-state index contributed by atoms with van der Waals surface area (Å²) in [5, 5.41) is 12.6. The Bertz CT molecular complexity index is 1260. The smallest absolute Gasteiger partial charge is 0.549 e. The number of pyridine rings is 1. The zero-order valence-electron chi connectivity index (χ0n) is 18.2. The van der Waals surface area contributed by atoms with E-state index in [4.69, 9.17) is 16.6 Å². The number of halogens is 1. The number of hydrogen-bond donors (Lipinski definition) is 0. The molecule has 0 radical (unpaired) electrons. The van der Waals surface area contributed by atoms with Gasteiger partial charge in [-0.3, -0.25) is 0 Å². The van der Waals surface area contributed by atoms with Crippen molar-refractivity contribution >= 4 is 61.2 Å². The van der Waals surface area contributed by atoms with Gasteiger partial charge in [-0.1, -0.05) is 37.1 Å². The average molecular weight is 505 g/mol. The first-order valence-electron chi connectivity index (χ1n) is 9.47. The molecule has 10 heteroatoms. The van der Waals surface area contributed by atoms with Crippen LogP contribution in [0.25, 0.3) is 21.8 Å². The molecule has 0 saturated carbocycles. The quantitative estimate of drug-likeness (QED) is 0.265. The van der Waals surface area contributed by atoms with Gasteiger partial charge in [0.25, 0.3) is 0 Å².